The van der Waals surface area contributed by atoms with E-state index in [0.29, 0.717) is 0 Å². The maximum absolute atomic E-state index is 11.3. The number of ether oxygens (including phenoxy) is 2. The van der Waals surface area contributed by atoms with E-state index in [1.165, 1.54) is 26.2 Å². The summed E-state index contributed by atoms with van der Waals surface area (Å²) >= 11 is 0. The van der Waals surface area contributed by atoms with E-state index in [1.807, 2.05) is 0 Å². The number of carbonyl (C=O) groups excluding carboxylic acids is 2. The molecule has 1 rings (SSSR count). The van der Waals surface area contributed by atoms with Gasteiger partial charge in [0, 0.05) is 12.1 Å². The van der Waals surface area contributed by atoms with E-state index < -0.39 is 16.7 Å². The molecule has 1 aromatic rings. The Morgan fingerprint density at radius 2 is 2.06 bits per heavy atom. The summed E-state index contributed by atoms with van der Waals surface area (Å²) in [4.78, 5) is 32.2. The number of methoxy groups -OCH3 is 1. The van der Waals surface area contributed by atoms with E-state index in [-0.39, 0.29) is 23.6 Å². The number of ketones is 1. The van der Waals surface area contributed by atoms with Crippen LogP contribution in [0.2, 0.25) is 0 Å². The van der Waals surface area contributed by atoms with Crippen molar-refractivity contribution in [1.29, 1.82) is 0 Å². The van der Waals surface area contributed by atoms with Gasteiger partial charge in [0.05, 0.1) is 17.6 Å². The maximum Gasteiger partial charge on any atom is 0.343 e. The number of nitro benzene ring substituents is 1. The molecule has 18 heavy (non-hydrogen) atoms. The molecule has 7 nitrogen and oxygen atoms in total. The number of esters is 1. The van der Waals surface area contributed by atoms with Crippen LogP contribution in [0.3, 0.4) is 0 Å². The van der Waals surface area contributed by atoms with Gasteiger partial charge in [0.2, 0.25) is 0 Å². The van der Waals surface area contributed by atoms with Crippen LogP contribution in [0.5, 0.6) is 5.75 Å². The molecule has 0 unspecified atom stereocenters. The average molecular weight is 253 g/mol. The third kappa shape index (κ3) is 3.27. The van der Waals surface area contributed by atoms with Crippen LogP contribution >= 0.6 is 0 Å². The molecule has 0 N–H and O–H groups in total. The van der Waals surface area contributed by atoms with Crippen LogP contribution in [0, 0.1) is 10.1 Å². The number of nitrogens with zero attached hydrogens (tertiary/aromatic N) is 1. The summed E-state index contributed by atoms with van der Waals surface area (Å²) in [5.74, 6) is -0.889. The first-order valence-corrected chi connectivity index (χ1v) is 4.94. The molecule has 0 aromatic heterocycles. The number of hydrogen-bond donors (Lipinski definition) is 0. The summed E-state index contributed by atoms with van der Waals surface area (Å²) in [6, 6.07) is 3.58. The number of rotatable bonds is 5. The van der Waals surface area contributed by atoms with E-state index in [2.05, 4.69) is 4.74 Å². The van der Waals surface area contributed by atoms with Gasteiger partial charge in [-0.2, -0.15) is 0 Å². The summed E-state index contributed by atoms with van der Waals surface area (Å²) in [6.07, 6.45) is 0. The van der Waals surface area contributed by atoms with Gasteiger partial charge in [-0.05, 0) is 13.0 Å². The van der Waals surface area contributed by atoms with E-state index in [4.69, 9.17) is 4.74 Å². The molecule has 0 radical (unpaired) electrons. The molecule has 0 aliphatic rings. The third-order valence-corrected chi connectivity index (χ3v) is 2.13. The Bertz CT molecular complexity index is 496. The van der Waals surface area contributed by atoms with Crippen molar-refractivity contribution in [1.82, 2.24) is 0 Å². The van der Waals surface area contributed by atoms with Gasteiger partial charge in [-0.15, -0.1) is 0 Å². The molecule has 1 aromatic carbocycles. The fourth-order valence-corrected chi connectivity index (χ4v) is 1.23. The average Bonchev–Trinajstić information content (AvgIpc) is 2.35. The van der Waals surface area contributed by atoms with Crippen LogP contribution in [0.25, 0.3) is 0 Å². The van der Waals surface area contributed by atoms with Crippen molar-refractivity contribution >= 4 is 17.4 Å². The van der Waals surface area contributed by atoms with Crippen LogP contribution in [-0.2, 0) is 9.53 Å². The molecular formula is C11H11NO6. The van der Waals surface area contributed by atoms with Gasteiger partial charge < -0.3 is 9.47 Å². The Balaban J connectivity index is 3.00. The molecule has 0 aliphatic heterocycles. The van der Waals surface area contributed by atoms with Crippen molar-refractivity contribution in [3.05, 3.63) is 33.9 Å². The first-order valence-electron chi connectivity index (χ1n) is 4.94. The van der Waals surface area contributed by atoms with Crippen molar-refractivity contribution in [2.75, 3.05) is 13.7 Å². The summed E-state index contributed by atoms with van der Waals surface area (Å²) < 4.78 is 9.45. The van der Waals surface area contributed by atoms with Gasteiger partial charge in [-0.25, -0.2) is 4.79 Å². The van der Waals surface area contributed by atoms with Crippen LogP contribution in [0.15, 0.2) is 18.2 Å². The predicted octanol–water partition coefficient (Wildman–Crippen LogP) is 1.35. The lowest BCUT2D eigenvalue weighted by atomic mass is 10.1. The van der Waals surface area contributed by atoms with Crippen LogP contribution < -0.4 is 4.74 Å². The van der Waals surface area contributed by atoms with Crippen LogP contribution in [0.1, 0.15) is 17.3 Å². The smallest absolute Gasteiger partial charge is 0.343 e. The van der Waals surface area contributed by atoms with Gasteiger partial charge in [-0.1, -0.05) is 0 Å². The lowest BCUT2D eigenvalue weighted by molar-refractivity contribution is -0.384. The minimum absolute atomic E-state index is 0.0492. The molecule has 0 bridgehead atoms. The lowest BCUT2D eigenvalue weighted by Crippen LogP contribution is -2.14. The Kier molecular flexibility index (Phi) is 4.36. The second kappa shape index (κ2) is 5.76. The molecule has 96 valence electrons. The van der Waals surface area contributed by atoms with Crippen LogP contribution in [0.4, 0.5) is 5.69 Å². The number of benzene rings is 1. The zero-order valence-corrected chi connectivity index (χ0v) is 9.84. The van der Waals surface area contributed by atoms with Crippen LogP contribution in [-0.4, -0.2) is 30.4 Å². The molecular weight excluding hydrogens is 242 g/mol. The summed E-state index contributed by atoms with van der Waals surface area (Å²) in [5.41, 5.74) is -0.168. The zero-order valence-electron chi connectivity index (χ0n) is 9.84. The normalized spacial score (nSPS) is 9.67. The van der Waals surface area contributed by atoms with Gasteiger partial charge >= 0.3 is 5.97 Å². The third-order valence-electron chi connectivity index (χ3n) is 2.13. The minimum Gasteiger partial charge on any atom is -0.481 e. The molecule has 0 aliphatic carbocycles. The van der Waals surface area contributed by atoms with Gasteiger partial charge in [-0.3, -0.25) is 14.9 Å². The van der Waals surface area contributed by atoms with Crippen molar-refractivity contribution in [2.45, 2.75) is 6.92 Å². The second-order valence-corrected chi connectivity index (χ2v) is 3.36. The molecule has 0 heterocycles. The molecule has 0 spiro atoms. The zero-order chi connectivity index (χ0) is 13.7. The highest BCUT2D eigenvalue weighted by Gasteiger charge is 2.15. The standard InChI is InChI=1S/C11H11NO6/c1-7(13)9-5-8(12(15)16)3-4-10(9)18-6-11(14)17-2/h3-5H,6H2,1-2H3. The molecule has 0 saturated carbocycles. The van der Waals surface area contributed by atoms with Crippen molar-refractivity contribution in [3.8, 4) is 5.75 Å². The Morgan fingerprint density at radius 3 is 2.56 bits per heavy atom. The van der Waals surface area contributed by atoms with E-state index in [0.717, 1.165) is 6.07 Å². The first kappa shape index (κ1) is 13.6. The Labute approximate surface area is 102 Å². The van der Waals surface area contributed by atoms with E-state index in [9.17, 15) is 19.7 Å². The highest BCUT2D eigenvalue weighted by molar-refractivity contribution is 5.97. The van der Waals surface area contributed by atoms with Gasteiger partial charge in [0.1, 0.15) is 5.75 Å². The monoisotopic (exact) mass is 253 g/mol. The number of Topliss-reactive ketones (excluding diaryl/α,β-unsaturated/α-hetero) is 1. The number of hydrogen-bond acceptors (Lipinski definition) is 6. The molecule has 0 atom stereocenters. The van der Waals surface area contributed by atoms with E-state index in [1.54, 1.807) is 0 Å². The topological polar surface area (TPSA) is 95.7 Å². The van der Waals surface area contributed by atoms with Crippen molar-refractivity contribution < 1.29 is 24.0 Å². The molecule has 0 amide bonds. The van der Waals surface area contributed by atoms with Gasteiger partial charge in [0.15, 0.2) is 12.4 Å². The molecule has 0 saturated heterocycles. The number of non-ortho nitro benzene ring substituents is 1. The van der Waals surface area contributed by atoms with Crippen molar-refractivity contribution in [2.24, 2.45) is 0 Å². The maximum atomic E-state index is 11.3. The summed E-state index contributed by atoms with van der Waals surface area (Å²) in [6.45, 7) is 0.888. The first-order chi connectivity index (χ1) is 8.45. The minimum atomic E-state index is -0.615. The number of carbonyl (C=O) groups is 2. The second-order valence-electron chi connectivity index (χ2n) is 3.36. The fourth-order valence-electron chi connectivity index (χ4n) is 1.23. The Hall–Kier alpha value is -2.44. The largest absolute Gasteiger partial charge is 0.481 e. The Morgan fingerprint density at radius 1 is 1.39 bits per heavy atom. The lowest BCUT2D eigenvalue weighted by Gasteiger charge is -2.08. The SMILES string of the molecule is COC(=O)COc1ccc([N+](=O)[O-])cc1C(C)=O. The highest BCUT2D eigenvalue weighted by Crippen LogP contribution is 2.24. The quantitative estimate of drug-likeness (QED) is 0.340. The summed E-state index contributed by atoms with van der Waals surface area (Å²) in [5, 5.41) is 10.6. The van der Waals surface area contributed by atoms with Gasteiger partial charge in [0.25, 0.3) is 5.69 Å². The highest BCUT2D eigenvalue weighted by atomic mass is 16.6. The van der Waals surface area contributed by atoms with Crippen molar-refractivity contribution in [3.63, 3.8) is 0 Å². The predicted molar refractivity (Wildman–Crippen MR) is 60.6 cm³/mol. The summed E-state index contributed by atoms with van der Waals surface area (Å²) in [7, 11) is 1.20. The molecule has 7 heteroatoms. The number of nitro groups is 1. The molecule has 0 fully saturated rings. The van der Waals surface area contributed by atoms with E-state index >= 15 is 0 Å². The fraction of sp³-hybridized carbons (Fsp3) is 0.273.